The van der Waals surface area contributed by atoms with E-state index in [9.17, 15) is 9.59 Å². The first-order chi connectivity index (χ1) is 33.7. The summed E-state index contributed by atoms with van der Waals surface area (Å²) in [7, 11) is 0. The van der Waals surface area contributed by atoms with Crippen LogP contribution in [-0.2, 0) is 19.1 Å². The van der Waals surface area contributed by atoms with E-state index >= 15 is 0 Å². The number of para-hydroxylation sites is 2. The number of aromatic nitrogens is 4. The number of nitrogens with zero attached hydrogens (tertiary/aromatic N) is 6. The number of nitrogens with one attached hydrogen (secondary N) is 3. The van der Waals surface area contributed by atoms with Crippen LogP contribution in [0.15, 0.2) is 171 Å². The van der Waals surface area contributed by atoms with Crippen molar-refractivity contribution in [2.75, 3.05) is 84.1 Å². The number of carbonyl (C=O) groups is 2. The number of morpholine rings is 2. The second-order valence-corrected chi connectivity index (χ2v) is 16.2. The lowest BCUT2D eigenvalue weighted by atomic mass is 10.0. The molecule has 14 nitrogen and oxygen atoms in total. The van der Waals surface area contributed by atoms with Crippen LogP contribution in [0, 0.1) is 0 Å². The molecule has 0 unspecified atom stereocenters. The fourth-order valence-electron chi connectivity index (χ4n) is 7.77. The number of fused-ring (bicyclic) bond motifs is 2. The minimum Gasteiger partial charge on any atom is -0.399 e. The summed E-state index contributed by atoms with van der Waals surface area (Å²) in [5.41, 5.74) is 17.4. The van der Waals surface area contributed by atoms with Crippen LogP contribution in [0.2, 0.25) is 0 Å². The van der Waals surface area contributed by atoms with Gasteiger partial charge >= 0.3 is 0 Å². The Balaban J connectivity index is 0.000000171. The van der Waals surface area contributed by atoms with Gasteiger partial charge in [0, 0.05) is 94.6 Å². The Morgan fingerprint density at radius 2 is 1.03 bits per heavy atom. The Morgan fingerprint density at radius 3 is 1.48 bits per heavy atom. The molecule has 69 heavy (non-hydrogen) atoms. The molecule has 15 heteroatoms. The molecule has 0 radical (unpaired) electrons. The predicted molar refractivity (Wildman–Crippen MR) is 280 cm³/mol. The number of anilines is 8. The van der Waals surface area contributed by atoms with Gasteiger partial charge in [-0.1, -0.05) is 73.8 Å². The van der Waals surface area contributed by atoms with Gasteiger partial charge in [-0.3, -0.25) is 9.59 Å². The molecular formula is C54H51ClN10O4. The molecule has 1 amide bonds. The fourth-order valence-corrected chi connectivity index (χ4v) is 7.77. The van der Waals surface area contributed by atoms with E-state index in [0.29, 0.717) is 17.6 Å². The second kappa shape index (κ2) is 23.0. The lowest BCUT2D eigenvalue weighted by molar-refractivity contribution is -0.112. The third kappa shape index (κ3) is 12.6. The van der Waals surface area contributed by atoms with Crippen LogP contribution in [0.1, 0.15) is 0 Å². The number of amides is 1. The minimum absolute atomic E-state index is 0.247. The Morgan fingerprint density at radius 1 is 0.580 bits per heavy atom. The molecule has 2 aliphatic rings. The minimum atomic E-state index is -0.509. The Kier molecular flexibility index (Phi) is 15.8. The van der Waals surface area contributed by atoms with Crippen molar-refractivity contribution < 1.29 is 19.1 Å². The summed E-state index contributed by atoms with van der Waals surface area (Å²) < 4.78 is 10.9. The van der Waals surface area contributed by atoms with Gasteiger partial charge in [0.1, 0.15) is 0 Å². The zero-order valence-corrected chi connectivity index (χ0v) is 38.6. The van der Waals surface area contributed by atoms with Crippen molar-refractivity contribution in [2.24, 2.45) is 0 Å². The number of ether oxygens (including phenoxy) is 2. The SMILES string of the molecule is C=CC(=O)Cl.C=CC(=O)Nc1cccc(-c2cccc3cnc(Nc4ccc(N5CCOCC5)cc4)nc23)c1.Nc1cccc(-c2cccc3cnc(Nc4ccc(N5CCOCC5)cc4)nc23)c1. The highest BCUT2D eigenvalue weighted by Crippen LogP contribution is 2.32. The average Bonchev–Trinajstić information content (AvgIpc) is 3.39. The number of rotatable bonds is 11. The van der Waals surface area contributed by atoms with Crippen molar-refractivity contribution in [3.63, 3.8) is 0 Å². The molecule has 0 saturated carbocycles. The van der Waals surface area contributed by atoms with E-state index in [1.807, 2.05) is 103 Å². The molecule has 2 saturated heterocycles. The first-order valence-corrected chi connectivity index (χ1v) is 22.7. The maximum atomic E-state index is 11.7. The van der Waals surface area contributed by atoms with Crippen LogP contribution in [0.3, 0.4) is 0 Å². The van der Waals surface area contributed by atoms with Crippen LogP contribution < -0.4 is 31.5 Å². The largest absolute Gasteiger partial charge is 0.399 e. The zero-order valence-electron chi connectivity index (χ0n) is 37.9. The summed E-state index contributed by atoms with van der Waals surface area (Å²) in [6, 6.07) is 44.2. The predicted octanol–water partition coefficient (Wildman–Crippen LogP) is 10.4. The summed E-state index contributed by atoms with van der Waals surface area (Å²) >= 11 is 4.71. The molecule has 10 rings (SSSR count). The van der Waals surface area contributed by atoms with E-state index in [2.05, 4.69) is 91.3 Å². The van der Waals surface area contributed by atoms with Gasteiger partial charge < -0.3 is 41.0 Å². The molecule has 0 aliphatic carbocycles. The molecule has 348 valence electrons. The summed E-state index contributed by atoms with van der Waals surface area (Å²) in [6.45, 7) is 13.3. The molecule has 0 atom stereocenters. The number of benzene rings is 6. The van der Waals surface area contributed by atoms with E-state index in [4.69, 9.17) is 36.8 Å². The number of carbonyl (C=O) groups excluding carboxylic acids is 2. The van der Waals surface area contributed by atoms with E-state index in [1.165, 1.54) is 17.5 Å². The molecular weight excluding hydrogens is 888 g/mol. The van der Waals surface area contributed by atoms with Crippen LogP contribution >= 0.6 is 11.6 Å². The topological polar surface area (TPSA) is 173 Å². The molecule has 5 N–H and O–H groups in total. The summed E-state index contributed by atoms with van der Waals surface area (Å²) in [4.78, 5) is 44.4. The molecule has 8 aromatic rings. The van der Waals surface area contributed by atoms with Crippen molar-refractivity contribution in [3.8, 4) is 22.3 Å². The van der Waals surface area contributed by atoms with Gasteiger partial charge in [0.05, 0.1) is 37.5 Å². The summed E-state index contributed by atoms with van der Waals surface area (Å²) in [6.07, 6.45) is 5.97. The number of hydrogen-bond donors (Lipinski definition) is 4. The van der Waals surface area contributed by atoms with Crippen molar-refractivity contribution in [1.82, 2.24) is 19.9 Å². The lowest BCUT2D eigenvalue weighted by Gasteiger charge is -2.28. The number of halogens is 1. The first-order valence-electron chi connectivity index (χ1n) is 22.4. The Labute approximate surface area is 405 Å². The summed E-state index contributed by atoms with van der Waals surface area (Å²) in [5.74, 6) is 0.844. The number of nitrogens with two attached hydrogens (primary N) is 1. The number of allylic oxidation sites excluding steroid dienone is 1. The lowest BCUT2D eigenvalue weighted by Crippen LogP contribution is -2.36. The van der Waals surface area contributed by atoms with Gasteiger partial charge in [-0.15, -0.1) is 0 Å². The molecule has 4 heterocycles. The van der Waals surface area contributed by atoms with E-state index < -0.39 is 5.24 Å². The van der Waals surface area contributed by atoms with Crippen LogP contribution in [0.25, 0.3) is 44.1 Å². The Hall–Kier alpha value is -8.17. The van der Waals surface area contributed by atoms with Crippen LogP contribution in [0.5, 0.6) is 0 Å². The molecule has 2 aliphatic heterocycles. The fraction of sp³-hybridized carbons (Fsp3) is 0.148. The van der Waals surface area contributed by atoms with Gasteiger partial charge in [-0.2, -0.15) is 0 Å². The van der Waals surface area contributed by atoms with E-state index in [0.717, 1.165) is 120 Å². The highest BCUT2D eigenvalue weighted by Gasteiger charge is 2.14. The molecule has 0 spiro atoms. The maximum absolute atomic E-state index is 11.7. The van der Waals surface area contributed by atoms with Crippen LogP contribution in [-0.4, -0.2) is 83.7 Å². The normalized spacial score (nSPS) is 13.2. The maximum Gasteiger partial charge on any atom is 0.247 e. The average molecular weight is 940 g/mol. The van der Waals surface area contributed by atoms with Crippen LogP contribution in [0.4, 0.5) is 46.0 Å². The van der Waals surface area contributed by atoms with Crippen molar-refractivity contribution in [1.29, 1.82) is 0 Å². The quantitative estimate of drug-likeness (QED) is 0.0549. The second-order valence-electron chi connectivity index (χ2n) is 15.8. The summed E-state index contributed by atoms with van der Waals surface area (Å²) in [5, 5.41) is 10.9. The third-order valence-corrected chi connectivity index (χ3v) is 11.4. The number of hydrogen-bond acceptors (Lipinski definition) is 13. The van der Waals surface area contributed by atoms with Gasteiger partial charge in [-0.05, 0) is 108 Å². The standard InChI is InChI=1S/C27H25N5O2.C24H23N5O.C3H3ClO/c1-2-25(33)29-22-7-3-5-19(17-22)24-8-4-6-20-18-28-27(31-26(20)24)30-21-9-11-23(12-10-21)32-13-15-34-16-14-32;25-19-5-1-3-17(15-19)22-6-2-4-18-16-26-24(28-23(18)22)27-20-7-9-21(10-8-20)29-11-13-30-14-12-29;1-2-3(4)5/h2-12,17-18H,1,13-16H2,(H,29,33)(H,28,30,31);1-10,15-16H,11-14,25H2,(H,26,27,28);2H,1H2. The smallest absolute Gasteiger partial charge is 0.247 e. The van der Waals surface area contributed by atoms with E-state index in [1.54, 1.807) is 0 Å². The van der Waals surface area contributed by atoms with Crippen molar-refractivity contribution in [3.05, 3.63) is 171 Å². The van der Waals surface area contributed by atoms with Gasteiger partial charge in [0.25, 0.3) is 0 Å². The Bertz CT molecular complexity index is 3070. The first kappa shape index (κ1) is 47.3. The van der Waals surface area contributed by atoms with E-state index in [-0.39, 0.29) is 5.91 Å². The third-order valence-electron chi connectivity index (χ3n) is 11.2. The molecule has 2 fully saturated rings. The zero-order chi connectivity index (χ0) is 48.0. The molecule has 6 aromatic carbocycles. The number of nitrogen functional groups attached to an aromatic ring is 1. The van der Waals surface area contributed by atoms with Gasteiger partial charge in [0.2, 0.25) is 23.0 Å². The highest BCUT2D eigenvalue weighted by atomic mass is 35.5. The monoisotopic (exact) mass is 938 g/mol. The van der Waals surface area contributed by atoms with Gasteiger partial charge in [-0.25, -0.2) is 19.9 Å². The molecule has 2 aromatic heterocycles. The highest BCUT2D eigenvalue weighted by molar-refractivity contribution is 6.66. The van der Waals surface area contributed by atoms with Crippen molar-refractivity contribution >= 4 is 90.6 Å². The van der Waals surface area contributed by atoms with Crippen molar-refractivity contribution in [2.45, 2.75) is 0 Å². The van der Waals surface area contributed by atoms with Gasteiger partial charge in [0.15, 0.2) is 0 Å². The molecule has 0 bridgehead atoms.